The number of nitrogens with zero attached hydrogens (tertiary/aromatic N) is 2. The van der Waals surface area contributed by atoms with E-state index in [9.17, 15) is 0 Å². The highest BCUT2D eigenvalue weighted by Gasteiger charge is 2.13. The van der Waals surface area contributed by atoms with E-state index in [1.807, 2.05) is 32.0 Å². The van der Waals surface area contributed by atoms with Crippen LogP contribution in [0.4, 0.5) is 0 Å². The molecule has 1 atom stereocenters. The van der Waals surface area contributed by atoms with Gasteiger partial charge in [-0.05, 0) is 25.0 Å². The molecule has 0 saturated carbocycles. The third kappa shape index (κ3) is 3.22. The Kier molecular flexibility index (Phi) is 5.02. The Bertz CT molecular complexity index is 435. The van der Waals surface area contributed by atoms with Gasteiger partial charge in [0.15, 0.2) is 6.10 Å². The van der Waals surface area contributed by atoms with Crippen LogP contribution in [0.15, 0.2) is 29.4 Å². The normalized spacial score (nSPS) is 12.9. The predicted molar refractivity (Wildman–Crippen MR) is 65.4 cm³/mol. The van der Waals surface area contributed by atoms with Crippen LogP contribution in [-0.2, 0) is 0 Å². The minimum atomic E-state index is -0.479. The maximum absolute atomic E-state index is 8.92. The molecule has 90 valence electrons. The summed E-state index contributed by atoms with van der Waals surface area (Å²) in [4.78, 5) is 0. The van der Waals surface area contributed by atoms with Crippen LogP contribution in [-0.4, -0.2) is 17.0 Å². The topological polar surface area (TPSA) is 65.6 Å². The van der Waals surface area contributed by atoms with Crippen LogP contribution in [0.1, 0.15) is 32.3 Å². The van der Waals surface area contributed by atoms with Crippen LogP contribution in [0.5, 0.6) is 5.75 Å². The van der Waals surface area contributed by atoms with Crippen molar-refractivity contribution in [2.24, 2.45) is 5.16 Å². The van der Waals surface area contributed by atoms with Crippen LogP contribution < -0.4 is 4.74 Å². The van der Waals surface area contributed by atoms with Crippen molar-refractivity contribution < 1.29 is 9.94 Å². The number of oxime groups is 1. The highest BCUT2D eigenvalue weighted by Crippen LogP contribution is 2.21. The molecule has 0 fully saturated rings. The second-order valence-electron chi connectivity index (χ2n) is 3.54. The van der Waals surface area contributed by atoms with E-state index in [0.717, 1.165) is 5.56 Å². The fraction of sp³-hybridized carbons (Fsp3) is 0.385. The molecule has 0 heterocycles. The zero-order chi connectivity index (χ0) is 12.7. The summed E-state index contributed by atoms with van der Waals surface area (Å²) < 4.78 is 5.58. The maximum atomic E-state index is 8.92. The van der Waals surface area contributed by atoms with Crippen LogP contribution in [0.2, 0.25) is 0 Å². The van der Waals surface area contributed by atoms with Crippen LogP contribution in [0.3, 0.4) is 0 Å². The van der Waals surface area contributed by atoms with Gasteiger partial charge in [0.25, 0.3) is 0 Å². The SMILES string of the molecule is CCC(=NO)c1ccccc1OC(C#N)CC. The maximum Gasteiger partial charge on any atom is 0.184 e. The van der Waals surface area contributed by atoms with Crippen molar-refractivity contribution in [2.45, 2.75) is 32.8 Å². The van der Waals surface area contributed by atoms with Crippen molar-refractivity contribution >= 4 is 5.71 Å². The minimum absolute atomic E-state index is 0.479. The number of ether oxygens (including phenoxy) is 1. The number of para-hydroxylation sites is 1. The highest BCUT2D eigenvalue weighted by molar-refractivity contribution is 6.02. The molecular formula is C13H16N2O2. The lowest BCUT2D eigenvalue weighted by Gasteiger charge is -2.14. The Morgan fingerprint density at radius 1 is 1.47 bits per heavy atom. The first-order valence-electron chi connectivity index (χ1n) is 5.63. The number of hydrogen-bond donors (Lipinski definition) is 1. The lowest BCUT2D eigenvalue weighted by molar-refractivity contribution is 0.251. The van der Waals surface area contributed by atoms with Crippen molar-refractivity contribution in [3.8, 4) is 11.8 Å². The van der Waals surface area contributed by atoms with Gasteiger partial charge in [-0.2, -0.15) is 5.26 Å². The van der Waals surface area contributed by atoms with E-state index in [-0.39, 0.29) is 0 Å². The third-order valence-corrected chi connectivity index (χ3v) is 2.44. The molecule has 0 aliphatic rings. The van der Waals surface area contributed by atoms with Gasteiger partial charge in [0, 0.05) is 5.56 Å². The molecule has 1 aromatic rings. The molecule has 1 aromatic carbocycles. The summed E-state index contributed by atoms with van der Waals surface area (Å²) in [5, 5.41) is 21.0. The Morgan fingerprint density at radius 3 is 2.71 bits per heavy atom. The molecule has 0 aromatic heterocycles. The van der Waals surface area contributed by atoms with Crippen molar-refractivity contribution in [3.63, 3.8) is 0 Å². The number of benzene rings is 1. The molecule has 0 saturated heterocycles. The lowest BCUT2D eigenvalue weighted by atomic mass is 10.1. The highest BCUT2D eigenvalue weighted by atomic mass is 16.5. The molecule has 17 heavy (non-hydrogen) atoms. The van der Waals surface area contributed by atoms with Crippen LogP contribution in [0.25, 0.3) is 0 Å². The molecule has 1 rings (SSSR count). The number of rotatable bonds is 5. The molecule has 0 radical (unpaired) electrons. The quantitative estimate of drug-likeness (QED) is 0.482. The van der Waals surface area contributed by atoms with Gasteiger partial charge in [-0.3, -0.25) is 0 Å². The smallest absolute Gasteiger partial charge is 0.184 e. The fourth-order valence-electron chi connectivity index (χ4n) is 1.48. The summed E-state index contributed by atoms with van der Waals surface area (Å²) in [5.41, 5.74) is 1.28. The molecule has 4 nitrogen and oxygen atoms in total. The molecule has 0 aliphatic heterocycles. The molecule has 0 spiro atoms. The minimum Gasteiger partial charge on any atom is -0.475 e. The first-order valence-corrected chi connectivity index (χ1v) is 5.63. The molecule has 0 bridgehead atoms. The lowest BCUT2D eigenvalue weighted by Crippen LogP contribution is -2.14. The number of hydrogen-bond acceptors (Lipinski definition) is 4. The van der Waals surface area contributed by atoms with Crippen LogP contribution in [0, 0.1) is 11.3 Å². The van der Waals surface area contributed by atoms with Crippen molar-refractivity contribution in [1.29, 1.82) is 5.26 Å². The van der Waals surface area contributed by atoms with Gasteiger partial charge in [0.05, 0.1) is 5.71 Å². The molecule has 4 heteroatoms. The van der Waals surface area contributed by atoms with E-state index in [2.05, 4.69) is 11.2 Å². The number of nitriles is 1. The fourth-order valence-corrected chi connectivity index (χ4v) is 1.48. The van der Waals surface area contributed by atoms with Gasteiger partial charge in [-0.1, -0.05) is 31.1 Å². The van der Waals surface area contributed by atoms with Gasteiger partial charge in [0.2, 0.25) is 0 Å². The summed E-state index contributed by atoms with van der Waals surface area (Å²) in [7, 11) is 0. The van der Waals surface area contributed by atoms with Crippen molar-refractivity contribution in [2.75, 3.05) is 0 Å². The monoisotopic (exact) mass is 232 g/mol. The predicted octanol–water partition coefficient (Wildman–Crippen LogP) is 2.96. The van der Waals surface area contributed by atoms with Crippen molar-refractivity contribution in [3.05, 3.63) is 29.8 Å². The van der Waals surface area contributed by atoms with E-state index < -0.39 is 6.10 Å². The molecule has 0 amide bonds. The zero-order valence-corrected chi connectivity index (χ0v) is 10.1. The van der Waals surface area contributed by atoms with E-state index in [1.165, 1.54) is 0 Å². The molecule has 0 aliphatic carbocycles. The summed E-state index contributed by atoms with van der Waals surface area (Å²) in [5.74, 6) is 0.579. The Morgan fingerprint density at radius 2 is 2.18 bits per heavy atom. The first-order chi connectivity index (χ1) is 8.26. The first kappa shape index (κ1) is 13.0. The summed E-state index contributed by atoms with van der Waals surface area (Å²) in [6.45, 7) is 3.78. The second-order valence-corrected chi connectivity index (χ2v) is 3.54. The van der Waals surface area contributed by atoms with E-state index in [0.29, 0.717) is 24.3 Å². The van der Waals surface area contributed by atoms with Crippen LogP contribution >= 0.6 is 0 Å². The molecule has 1 N–H and O–H groups in total. The van der Waals surface area contributed by atoms with Gasteiger partial charge in [-0.25, -0.2) is 0 Å². The van der Waals surface area contributed by atoms with E-state index >= 15 is 0 Å². The van der Waals surface area contributed by atoms with Gasteiger partial charge in [-0.15, -0.1) is 0 Å². The standard InChI is InChI=1S/C13H16N2O2/c1-3-10(9-14)17-13-8-6-5-7-11(13)12(4-2)15-16/h5-8,10,16H,3-4H2,1-2H3. The van der Waals surface area contributed by atoms with E-state index in [4.69, 9.17) is 15.2 Å². The largest absolute Gasteiger partial charge is 0.475 e. The summed E-state index contributed by atoms with van der Waals surface area (Å²) in [6.07, 6.45) is 0.732. The Hall–Kier alpha value is -2.02. The average molecular weight is 232 g/mol. The Labute approximate surface area is 101 Å². The molecule has 1 unspecified atom stereocenters. The van der Waals surface area contributed by atoms with Crippen molar-refractivity contribution in [1.82, 2.24) is 0 Å². The van der Waals surface area contributed by atoms with E-state index in [1.54, 1.807) is 6.07 Å². The van der Waals surface area contributed by atoms with Gasteiger partial charge < -0.3 is 9.94 Å². The van der Waals surface area contributed by atoms with Gasteiger partial charge >= 0.3 is 0 Å². The average Bonchev–Trinajstić information content (AvgIpc) is 2.39. The zero-order valence-electron chi connectivity index (χ0n) is 10.1. The summed E-state index contributed by atoms with van der Waals surface area (Å²) in [6, 6.07) is 9.34. The molecular weight excluding hydrogens is 216 g/mol. The van der Waals surface area contributed by atoms with Gasteiger partial charge in [0.1, 0.15) is 11.8 Å². The Balaban J connectivity index is 3.04. The second kappa shape index (κ2) is 6.54. The summed E-state index contributed by atoms with van der Waals surface area (Å²) >= 11 is 0. The third-order valence-electron chi connectivity index (χ3n) is 2.44.